The number of carbonyl (C=O) groups is 1. The first-order chi connectivity index (χ1) is 16.5. The van der Waals surface area contributed by atoms with Crippen LogP contribution >= 0.6 is 0 Å². The highest BCUT2D eigenvalue weighted by Crippen LogP contribution is 2.46. The van der Waals surface area contributed by atoms with Gasteiger partial charge in [0.15, 0.2) is 5.78 Å². The monoisotopic (exact) mass is 447 g/mol. The third kappa shape index (κ3) is 2.75. The largest absolute Gasteiger partial charge is 0.332 e. The van der Waals surface area contributed by atoms with E-state index in [1.54, 1.807) is 13.1 Å². The van der Waals surface area contributed by atoms with Crippen molar-refractivity contribution in [3.63, 3.8) is 0 Å². The molecule has 0 saturated carbocycles. The molecule has 166 valence electrons. The van der Waals surface area contributed by atoms with Crippen LogP contribution in [0.3, 0.4) is 0 Å². The van der Waals surface area contributed by atoms with Crippen LogP contribution in [0.1, 0.15) is 33.0 Å². The van der Waals surface area contributed by atoms with Crippen molar-refractivity contribution in [2.75, 3.05) is 0 Å². The van der Waals surface area contributed by atoms with Crippen LogP contribution in [0.4, 0.5) is 5.82 Å². The summed E-state index contributed by atoms with van der Waals surface area (Å²) in [7, 11) is 3.08. The van der Waals surface area contributed by atoms with Crippen molar-refractivity contribution >= 4 is 17.3 Å². The Kier molecular flexibility index (Phi) is 4.39. The lowest BCUT2D eigenvalue weighted by molar-refractivity contribution is 0.0953. The second-order valence-electron chi connectivity index (χ2n) is 8.79. The molecule has 0 bridgehead atoms. The summed E-state index contributed by atoms with van der Waals surface area (Å²) in [4.78, 5) is 44.4. The van der Waals surface area contributed by atoms with Crippen molar-refractivity contribution in [3.8, 4) is 11.1 Å². The SMILES string of the molecule is Cn1c2c(c(=O)n(C)c1=O)[C@H](c1ccc(-c3ccccc3)cc1)[C@@H]1C(=O)c3ccccc3C1=N2. The molecule has 6 heteroatoms. The maximum Gasteiger partial charge on any atom is 0.332 e. The van der Waals surface area contributed by atoms with Crippen LogP contribution in [-0.4, -0.2) is 20.6 Å². The first kappa shape index (κ1) is 20.3. The second-order valence-corrected chi connectivity index (χ2v) is 8.79. The van der Waals surface area contributed by atoms with Crippen molar-refractivity contribution in [3.05, 3.63) is 122 Å². The fraction of sp³-hybridized carbons (Fsp3) is 0.143. The maximum absolute atomic E-state index is 13.6. The van der Waals surface area contributed by atoms with Crippen LogP contribution in [-0.2, 0) is 14.1 Å². The van der Waals surface area contributed by atoms with E-state index in [-0.39, 0.29) is 5.78 Å². The van der Waals surface area contributed by atoms with Crippen molar-refractivity contribution in [1.82, 2.24) is 9.13 Å². The fourth-order valence-corrected chi connectivity index (χ4v) is 5.24. The number of aromatic nitrogens is 2. The average molecular weight is 447 g/mol. The Balaban J connectivity index is 1.61. The third-order valence-corrected chi connectivity index (χ3v) is 6.96. The van der Waals surface area contributed by atoms with Gasteiger partial charge in [0, 0.05) is 31.1 Å². The van der Waals surface area contributed by atoms with Crippen LogP contribution in [0.5, 0.6) is 0 Å². The molecule has 6 nitrogen and oxygen atoms in total. The normalized spacial score (nSPS) is 18.2. The van der Waals surface area contributed by atoms with Crippen molar-refractivity contribution < 1.29 is 4.79 Å². The number of rotatable bonds is 2. The van der Waals surface area contributed by atoms with Gasteiger partial charge < -0.3 is 0 Å². The van der Waals surface area contributed by atoms with Gasteiger partial charge in [0.05, 0.1) is 17.2 Å². The molecule has 1 aromatic heterocycles. The van der Waals surface area contributed by atoms with Gasteiger partial charge in [-0.2, -0.15) is 0 Å². The predicted molar refractivity (Wildman–Crippen MR) is 131 cm³/mol. The quantitative estimate of drug-likeness (QED) is 0.469. The Morgan fingerprint density at radius 1 is 0.676 bits per heavy atom. The lowest BCUT2D eigenvalue weighted by Crippen LogP contribution is -2.43. The number of Topliss-reactive ketones (excluding diaryl/α,β-unsaturated/α-hetero) is 1. The highest BCUT2D eigenvalue weighted by Gasteiger charge is 2.47. The molecule has 0 spiro atoms. The van der Waals surface area contributed by atoms with Crippen molar-refractivity contribution in [1.29, 1.82) is 0 Å². The molecule has 0 unspecified atom stereocenters. The number of aliphatic imine (C=N–C) groups is 1. The summed E-state index contributed by atoms with van der Waals surface area (Å²) in [5.41, 5.74) is 4.49. The molecule has 34 heavy (non-hydrogen) atoms. The lowest BCUT2D eigenvalue weighted by Gasteiger charge is -2.30. The average Bonchev–Trinajstić information content (AvgIpc) is 3.17. The fourth-order valence-electron chi connectivity index (χ4n) is 5.24. The summed E-state index contributed by atoms with van der Waals surface area (Å²) in [6.07, 6.45) is 0. The standard InChI is InChI=1S/C28H21N3O3/c1-30-26-23(27(33)31(2)28(30)34)21(18-14-12-17(13-15-18)16-8-4-3-5-9-16)22-24(29-26)19-10-6-7-11-20(19)25(22)32/h3-15,21-22H,1-2H3/t21-,22+/m1/s1. The van der Waals surface area contributed by atoms with Crippen molar-refractivity contribution in [2.45, 2.75) is 5.92 Å². The van der Waals surface area contributed by atoms with Crippen LogP contribution in [0, 0.1) is 5.92 Å². The van der Waals surface area contributed by atoms with Gasteiger partial charge >= 0.3 is 5.69 Å². The molecule has 2 atom stereocenters. The van der Waals surface area contributed by atoms with Crippen molar-refractivity contribution in [2.24, 2.45) is 25.0 Å². The van der Waals surface area contributed by atoms with E-state index < -0.39 is 23.1 Å². The molecule has 0 fully saturated rings. The molecule has 0 N–H and O–H groups in total. The summed E-state index contributed by atoms with van der Waals surface area (Å²) >= 11 is 0. The van der Waals surface area contributed by atoms with Gasteiger partial charge in [-0.05, 0) is 16.7 Å². The van der Waals surface area contributed by atoms with E-state index in [1.165, 1.54) is 11.6 Å². The zero-order chi connectivity index (χ0) is 23.6. The highest BCUT2D eigenvalue weighted by molar-refractivity contribution is 6.30. The van der Waals surface area contributed by atoms with Crippen LogP contribution in [0.15, 0.2) is 93.4 Å². The number of fused-ring (bicyclic) bond motifs is 4. The van der Waals surface area contributed by atoms with Gasteiger partial charge in [-0.15, -0.1) is 0 Å². The molecule has 1 aliphatic heterocycles. The lowest BCUT2D eigenvalue weighted by atomic mass is 9.76. The second kappa shape index (κ2) is 7.35. The molecule has 3 aromatic carbocycles. The Bertz CT molecular complexity index is 1630. The molecular weight excluding hydrogens is 426 g/mol. The smallest absolute Gasteiger partial charge is 0.293 e. The molecular formula is C28H21N3O3. The molecule has 1 aliphatic carbocycles. The first-order valence-corrected chi connectivity index (χ1v) is 11.1. The molecule has 2 aliphatic rings. The molecule has 6 rings (SSSR count). The Morgan fingerprint density at radius 3 is 2.00 bits per heavy atom. The minimum Gasteiger partial charge on any atom is -0.293 e. The van der Waals surface area contributed by atoms with Crippen LogP contribution in [0.25, 0.3) is 11.1 Å². The Hall–Kier alpha value is -4.32. The topological polar surface area (TPSA) is 73.4 Å². The van der Waals surface area contributed by atoms with E-state index in [0.29, 0.717) is 22.7 Å². The first-order valence-electron chi connectivity index (χ1n) is 11.1. The van der Waals surface area contributed by atoms with Gasteiger partial charge in [0.2, 0.25) is 0 Å². The van der Waals surface area contributed by atoms with Gasteiger partial charge in [-0.1, -0.05) is 78.9 Å². The molecule has 4 aromatic rings. The minimum absolute atomic E-state index is 0.0481. The van der Waals surface area contributed by atoms with E-state index in [4.69, 9.17) is 4.99 Å². The number of ketones is 1. The van der Waals surface area contributed by atoms with E-state index in [1.807, 2.05) is 72.8 Å². The van der Waals surface area contributed by atoms with E-state index in [2.05, 4.69) is 0 Å². The summed E-state index contributed by atoms with van der Waals surface area (Å²) in [5, 5.41) is 0. The number of benzene rings is 3. The Morgan fingerprint density at radius 2 is 1.29 bits per heavy atom. The molecule has 0 saturated heterocycles. The zero-order valence-electron chi connectivity index (χ0n) is 18.7. The van der Waals surface area contributed by atoms with Gasteiger partial charge in [0.25, 0.3) is 5.56 Å². The summed E-state index contributed by atoms with van der Waals surface area (Å²) < 4.78 is 2.49. The van der Waals surface area contributed by atoms with E-state index >= 15 is 0 Å². The highest BCUT2D eigenvalue weighted by atomic mass is 16.2. The molecule has 0 amide bonds. The molecule has 2 heterocycles. The van der Waals surface area contributed by atoms with Gasteiger partial charge in [0.1, 0.15) is 5.82 Å². The van der Waals surface area contributed by atoms with E-state index in [0.717, 1.165) is 26.8 Å². The third-order valence-electron chi connectivity index (χ3n) is 6.96. The predicted octanol–water partition coefficient (Wildman–Crippen LogP) is 3.83. The minimum atomic E-state index is -0.613. The molecule has 0 radical (unpaired) electrons. The summed E-state index contributed by atoms with van der Waals surface area (Å²) in [6, 6.07) is 25.4. The van der Waals surface area contributed by atoms with Gasteiger partial charge in [-0.25, -0.2) is 9.79 Å². The number of carbonyl (C=O) groups excluding carboxylic acids is 1. The summed E-state index contributed by atoms with van der Waals surface area (Å²) in [5.74, 6) is -0.885. The summed E-state index contributed by atoms with van der Waals surface area (Å²) in [6.45, 7) is 0. The number of hydrogen-bond donors (Lipinski definition) is 0. The maximum atomic E-state index is 13.6. The van der Waals surface area contributed by atoms with E-state index in [9.17, 15) is 14.4 Å². The van der Waals surface area contributed by atoms with Crippen LogP contribution < -0.4 is 11.2 Å². The zero-order valence-corrected chi connectivity index (χ0v) is 18.7. The number of nitrogens with zero attached hydrogens (tertiary/aromatic N) is 3. The number of hydrogen-bond acceptors (Lipinski definition) is 4. The van der Waals surface area contributed by atoms with Gasteiger partial charge in [-0.3, -0.25) is 18.7 Å². The van der Waals surface area contributed by atoms with Crippen LogP contribution in [0.2, 0.25) is 0 Å². The Labute approximate surface area is 195 Å².